The summed E-state index contributed by atoms with van der Waals surface area (Å²) in [7, 11) is 3.15. The molecule has 0 bridgehead atoms. The molecule has 118 valence electrons. The van der Waals surface area contributed by atoms with Crippen molar-refractivity contribution in [3.8, 4) is 0 Å². The molecule has 5 nitrogen and oxygen atoms in total. The summed E-state index contributed by atoms with van der Waals surface area (Å²) in [5.74, 6) is 0.345. The molecule has 8 heteroatoms. The van der Waals surface area contributed by atoms with E-state index in [2.05, 4.69) is 15.6 Å². The second-order valence-electron chi connectivity index (χ2n) is 4.72. The first-order valence-electron chi connectivity index (χ1n) is 6.55. The predicted molar refractivity (Wildman–Crippen MR) is 69.8 cm³/mol. The summed E-state index contributed by atoms with van der Waals surface area (Å²) in [4.78, 5) is 3.90. The molecule has 0 saturated carbocycles. The van der Waals surface area contributed by atoms with Crippen LogP contribution in [-0.2, 0) is 9.47 Å². The molecule has 0 radical (unpaired) electrons. The lowest BCUT2D eigenvalue weighted by molar-refractivity contribution is -0.132. The first kappa shape index (κ1) is 17.0. The third-order valence-corrected chi connectivity index (χ3v) is 3.34. The van der Waals surface area contributed by atoms with Gasteiger partial charge in [-0.3, -0.25) is 4.99 Å². The summed E-state index contributed by atoms with van der Waals surface area (Å²) in [6.45, 7) is 1.52. The molecule has 0 spiro atoms. The molecule has 0 aromatic rings. The highest BCUT2D eigenvalue weighted by Gasteiger charge is 2.32. The highest BCUT2D eigenvalue weighted by Crippen LogP contribution is 2.23. The second-order valence-corrected chi connectivity index (χ2v) is 4.72. The number of hydrogen-bond acceptors (Lipinski definition) is 3. The molecule has 20 heavy (non-hydrogen) atoms. The van der Waals surface area contributed by atoms with Gasteiger partial charge in [-0.05, 0) is 0 Å². The fraction of sp³-hybridized carbons (Fsp3) is 0.917. The van der Waals surface area contributed by atoms with E-state index in [-0.39, 0.29) is 12.1 Å². The van der Waals surface area contributed by atoms with Crippen molar-refractivity contribution in [2.75, 3.05) is 40.5 Å². The number of halogens is 3. The molecule has 0 aliphatic carbocycles. The van der Waals surface area contributed by atoms with Crippen molar-refractivity contribution < 1.29 is 22.6 Å². The number of rotatable bonds is 5. The van der Waals surface area contributed by atoms with Gasteiger partial charge in [0.1, 0.15) is 0 Å². The summed E-state index contributed by atoms with van der Waals surface area (Å²) < 4.78 is 47.0. The SMILES string of the molecule is CN=C(NCCC(F)(F)F)NCC1(OC)CCOCC1. The Bertz CT molecular complexity index is 316. The number of nitrogens with zero attached hydrogens (tertiary/aromatic N) is 1. The van der Waals surface area contributed by atoms with Gasteiger partial charge >= 0.3 is 6.18 Å². The van der Waals surface area contributed by atoms with Crippen molar-refractivity contribution >= 4 is 5.96 Å². The second kappa shape index (κ2) is 7.68. The van der Waals surface area contributed by atoms with E-state index >= 15 is 0 Å². The molecule has 1 saturated heterocycles. The zero-order valence-corrected chi connectivity index (χ0v) is 11.8. The average molecular weight is 297 g/mol. The standard InChI is InChI=1S/C12H22F3N3O2/c1-16-10(17-6-3-12(13,14)15)18-9-11(19-2)4-7-20-8-5-11/h3-9H2,1-2H3,(H2,16,17,18). The lowest BCUT2D eigenvalue weighted by atomic mass is 9.94. The van der Waals surface area contributed by atoms with E-state index < -0.39 is 12.6 Å². The Morgan fingerprint density at radius 2 is 1.95 bits per heavy atom. The van der Waals surface area contributed by atoms with Gasteiger partial charge in [0.2, 0.25) is 0 Å². The highest BCUT2D eigenvalue weighted by atomic mass is 19.4. The first-order valence-corrected chi connectivity index (χ1v) is 6.55. The molecule has 1 aliphatic heterocycles. The van der Waals surface area contributed by atoms with Crippen LogP contribution < -0.4 is 10.6 Å². The predicted octanol–water partition coefficient (Wildman–Crippen LogP) is 1.30. The molecule has 1 aliphatic rings. The number of alkyl halides is 3. The molecule has 1 rings (SSSR count). The van der Waals surface area contributed by atoms with E-state index in [4.69, 9.17) is 9.47 Å². The number of hydrogen-bond donors (Lipinski definition) is 2. The minimum absolute atomic E-state index is 0.202. The minimum Gasteiger partial charge on any atom is -0.381 e. The smallest absolute Gasteiger partial charge is 0.381 e. The Morgan fingerprint density at radius 1 is 1.30 bits per heavy atom. The zero-order chi connectivity index (χ0) is 15.1. The Labute approximate surface area is 116 Å². The minimum atomic E-state index is -4.17. The molecular weight excluding hydrogens is 275 g/mol. The van der Waals surface area contributed by atoms with Crippen molar-refractivity contribution in [1.29, 1.82) is 0 Å². The molecule has 0 unspecified atom stereocenters. The maximum atomic E-state index is 12.1. The summed E-state index contributed by atoms with van der Waals surface area (Å²) in [5.41, 5.74) is -0.347. The van der Waals surface area contributed by atoms with Crippen LogP contribution in [0.5, 0.6) is 0 Å². The third kappa shape index (κ3) is 5.96. The van der Waals surface area contributed by atoms with Crippen LogP contribution in [0.3, 0.4) is 0 Å². The van der Waals surface area contributed by atoms with Crippen LogP contribution in [0, 0.1) is 0 Å². The van der Waals surface area contributed by atoms with Gasteiger partial charge in [-0.2, -0.15) is 13.2 Å². The lowest BCUT2D eigenvalue weighted by Gasteiger charge is -2.36. The van der Waals surface area contributed by atoms with E-state index in [1.54, 1.807) is 7.11 Å². The molecular formula is C12H22F3N3O2. The fourth-order valence-electron chi connectivity index (χ4n) is 1.98. The van der Waals surface area contributed by atoms with E-state index in [1.807, 2.05) is 0 Å². The number of nitrogens with one attached hydrogen (secondary N) is 2. The van der Waals surface area contributed by atoms with E-state index in [0.29, 0.717) is 25.7 Å². The number of guanidine groups is 1. The number of aliphatic imine (C=N–C) groups is 1. The Morgan fingerprint density at radius 3 is 2.45 bits per heavy atom. The molecule has 0 aromatic heterocycles. The summed E-state index contributed by atoms with van der Waals surface area (Å²) in [6, 6.07) is 0. The van der Waals surface area contributed by atoms with Crippen molar-refractivity contribution in [1.82, 2.24) is 10.6 Å². The van der Waals surface area contributed by atoms with Crippen LogP contribution in [-0.4, -0.2) is 58.2 Å². The van der Waals surface area contributed by atoms with Gasteiger partial charge in [0, 0.05) is 53.3 Å². The fourth-order valence-corrected chi connectivity index (χ4v) is 1.98. The molecule has 0 amide bonds. The molecule has 1 fully saturated rings. The number of methoxy groups -OCH3 is 1. The van der Waals surface area contributed by atoms with Gasteiger partial charge in [0.05, 0.1) is 12.0 Å². The van der Waals surface area contributed by atoms with Gasteiger partial charge in [0.25, 0.3) is 0 Å². The summed E-state index contributed by atoms with van der Waals surface area (Å²) in [5, 5.41) is 5.65. The van der Waals surface area contributed by atoms with Crippen LogP contribution in [0.15, 0.2) is 4.99 Å². The first-order chi connectivity index (χ1) is 9.41. The van der Waals surface area contributed by atoms with Crippen LogP contribution in [0.2, 0.25) is 0 Å². The normalized spacial score (nSPS) is 19.8. The van der Waals surface area contributed by atoms with E-state index in [9.17, 15) is 13.2 Å². The Balaban J connectivity index is 2.36. The molecule has 0 aromatic carbocycles. The largest absolute Gasteiger partial charge is 0.390 e. The van der Waals surface area contributed by atoms with Gasteiger partial charge in [-0.15, -0.1) is 0 Å². The molecule has 0 atom stereocenters. The summed E-state index contributed by atoms with van der Waals surface area (Å²) in [6.07, 6.45) is -3.57. The lowest BCUT2D eigenvalue weighted by Crippen LogP contribution is -2.51. The topological polar surface area (TPSA) is 54.9 Å². The highest BCUT2D eigenvalue weighted by molar-refractivity contribution is 5.79. The molecule has 2 N–H and O–H groups in total. The van der Waals surface area contributed by atoms with Gasteiger partial charge in [-0.1, -0.05) is 0 Å². The third-order valence-electron chi connectivity index (χ3n) is 3.34. The number of ether oxygens (including phenoxy) is 2. The monoisotopic (exact) mass is 297 g/mol. The maximum Gasteiger partial charge on any atom is 0.390 e. The van der Waals surface area contributed by atoms with Crippen LogP contribution in [0.25, 0.3) is 0 Å². The van der Waals surface area contributed by atoms with Crippen molar-refractivity contribution in [3.63, 3.8) is 0 Å². The van der Waals surface area contributed by atoms with Gasteiger partial charge in [-0.25, -0.2) is 0 Å². The van der Waals surface area contributed by atoms with E-state index in [0.717, 1.165) is 12.8 Å². The summed E-state index contributed by atoms with van der Waals surface area (Å²) >= 11 is 0. The van der Waals surface area contributed by atoms with Crippen molar-refractivity contribution in [3.05, 3.63) is 0 Å². The quantitative estimate of drug-likeness (QED) is 0.593. The van der Waals surface area contributed by atoms with Crippen LogP contribution in [0.1, 0.15) is 19.3 Å². The van der Waals surface area contributed by atoms with Crippen LogP contribution >= 0.6 is 0 Å². The van der Waals surface area contributed by atoms with Gasteiger partial charge in [0.15, 0.2) is 5.96 Å². The average Bonchev–Trinajstić information content (AvgIpc) is 2.42. The zero-order valence-electron chi connectivity index (χ0n) is 11.8. The van der Waals surface area contributed by atoms with Crippen LogP contribution in [0.4, 0.5) is 13.2 Å². The van der Waals surface area contributed by atoms with Gasteiger partial charge < -0.3 is 20.1 Å². The maximum absolute atomic E-state index is 12.1. The van der Waals surface area contributed by atoms with Crippen molar-refractivity contribution in [2.45, 2.75) is 31.0 Å². The Hall–Kier alpha value is -1.02. The van der Waals surface area contributed by atoms with E-state index in [1.165, 1.54) is 7.05 Å². The molecule has 1 heterocycles. The Kier molecular flexibility index (Phi) is 6.54. The van der Waals surface area contributed by atoms with Crippen molar-refractivity contribution in [2.24, 2.45) is 4.99 Å².